The van der Waals surface area contributed by atoms with Crippen molar-refractivity contribution in [3.05, 3.63) is 33.8 Å². The number of aryl methyl sites for hydroxylation is 1. The normalized spacial score (nSPS) is 24.2. The van der Waals surface area contributed by atoms with Crippen LogP contribution < -0.4 is 5.32 Å². The molecule has 1 aromatic rings. The number of benzene rings is 1. The van der Waals surface area contributed by atoms with Gasteiger partial charge in [0, 0.05) is 17.1 Å². The molecule has 2 aliphatic rings. The number of rotatable bonds is 3. The van der Waals surface area contributed by atoms with Crippen molar-refractivity contribution in [2.24, 2.45) is 0 Å². The second-order valence-electron chi connectivity index (χ2n) is 4.76. The summed E-state index contributed by atoms with van der Waals surface area (Å²) in [6.07, 6.45) is 5.36. The average Bonchev–Trinajstić information content (AvgIpc) is 2.97. The van der Waals surface area contributed by atoms with Crippen molar-refractivity contribution in [1.82, 2.24) is 5.32 Å². The van der Waals surface area contributed by atoms with E-state index in [0.29, 0.717) is 0 Å². The van der Waals surface area contributed by atoms with Crippen molar-refractivity contribution in [3.8, 4) is 0 Å². The lowest BCUT2D eigenvalue weighted by atomic mass is 10.0. The van der Waals surface area contributed by atoms with E-state index in [9.17, 15) is 0 Å². The fourth-order valence-corrected chi connectivity index (χ4v) is 2.89. The molecule has 0 amide bonds. The van der Waals surface area contributed by atoms with E-state index in [-0.39, 0.29) is 0 Å². The van der Waals surface area contributed by atoms with Gasteiger partial charge in [0.15, 0.2) is 0 Å². The molecule has 0 aromatic heterocycles. The summed E-state index contributed by atoms with van der Waals surface area (Å²) in [6.45, 7) is 1.18. The van der Waals surface area contributed by atoms with Crippen molar-refractivity contribution < 1.29 is 0 Å². The Kier molecular flexibility index (Phi) is 2.57. The van der Waals surface area contributed by atoms with Crippen molar-refractivity contribution in [3.63, 3.8) is 0 Å². The summed E-state index contributed by atoms with van der Waals surface area (Å²) < 4.78 is 1.22. The minimum atomic E-state index is 0.758. The first-order chi connectivity index (χ1) is 7.33. The Labute approximate surface area is 99.4 Å². The quantitative estimate of drug-likeness (QED) is 0.885. The first-order valence-corrected chi connectivity index (χ1v) is 6.64. The molecule has 1 atom stereocenters. The third kappa shape index (κ3) is 2.11. The molecule has 3 rings (SSSR count). The predicted octanol–water partition coefficient (Wildman–Crippen LogP) is 3.23. The van der Waals surface area contributed by atoms with Gasteiger partial charge in [-0.05, 0) is 54.9 Å². The average molecular weight is 266 g/mol. The molecule has 1 N–H and O–H groups in total. The summed E-state index contributed by atoms with van der Waals surface area (Å²) in [6, 6.07) is 7.59. The molecule has 1 nitrogen and oxygen atoms in total. The Bertz CT molecular complexity index is 371. The van der Waals surface area contributed by atoms with Crippen LogP contribution in [-0.2, 0) is 6.42 Å². The third-order valence-electron chi connectivity index (χ3n) is 3.54. The van der Waals surface area contributed by atoms with Crippen LogP contribution in [0.2, 0.25) is 0 Å². The highest BCUT2D eigenvalue weighted by atomic mass is 79.9. The molecule has 80 valence electrons. The Morgan fingerprint density at radius 2 is 2.13 bits per heavy atom. The van der Waals surface area contributed by atoms with E-state index in [1.54, 1.807) is 11.1 Å². The van der Waals surface area contributed by atoms with Gasteiger partial charge in [-0.3, -0.25) is 0 Å². The van der Waals surface area contributed by atoms with E-state index in [4.69, 9.17) is 0 Å². The van der Waals surface area contributed by atoms with Crippen LogP contribution in [0.25, 0.3) is 0 Å². The van der Waals surface area contributed by atoms with E-state index in [1.807, 2.05) is 0 Å². The summed E-state index contributed by atoms with van der Waals surface area (Å²) in [5, 5.41) is 3.64. The smallest absolute Gasteiger partial charge is 0.0178 e. The molecule has 0 aliphatic heterocycles. The summed E-state index contributed by atoms with van der Waals surface area (Å²) in [7, 11) is 0. The lowest BCUT2D eigenvalue weighted by Gasteiger charge is -2.12. The Balaban J connectivity index is 1.72. The van der Waals surface area contributed by atoms with Gasteiger partial charge in [-0.15, -0.1) is 0 Å². The molecular weight excluding hydrogens is 250 g/mol. The minimum Gasteiger partial charge on any atom is -0.313 e. The molecule has 0 saturated heterocycles. The van der Waals surface area contributed by atoms with E-state index in [1.165, 1.54) is 36.7 Å². The minimum absolute atomic E-state index is 0.758. The topological polar surface area (TPSA) is 12.0 Å². The summed E-state index contributed by atoms with van der Waals surface area (Å²) in [5.41, 5.74) is 3.12. The second kappa shape index (κ2) is 3.91. The molecule has 2 aliphatic carbocycles. The highest BCUT2D eigenvalue weighted by Crippen LogP contribution is 2.34. The largest absolute Gasteiger partial charge is 0.313 e. The maximum Gasteiger partial charge on any atom is 0.0178 e. The van der Waals surface area contributed by atoms with E-state index < -0.39 is 0 Å². The Morgan fingerprint density at radius 3 is 2.93 bits per heavy atom. The van der Waals surface area contributed by atoms with E-state index in [0.717, 1.165) is 12.0 Å². The van der Waals surface area contributed by atoms with Crippen molar-refractivity contribution in [1.29, 1.82) is 0 Å². The van der Waals surface area contributed by atoms with Gasteiger partial charge in [0.05, 0.1) is 0 Å². The van der Waals surface area contributed by atoms with E-state index >= 15 is 0 Å². The van der Waals surface area contributed by atoms with Gasteiger partial charge in [0.2, 0.25) is 0 Å². The molecule has 0 heterocycles. The van der Waals surface area contributed by atoms with Crippen LogP contribution in [0.4, 0.5) is 0 Å². The van der Waals surface area contributed by atoms with Crippen LogP contribution in [0.15, 0.2) is 22.7 Å². The maximum absolute atomic E-state index is 3.64. The summed E-state index contributed by atoms with van der Waals surface area (Å²) in [4.78, 5) is 0. The first kappa shape index (κ1) is 9.86. The van der Waals surface area contributed by atoms with Crippen LogP contribution in [0.1, 0.15) is 36.3 Å². The van der Waals surface area contributed by atoms with Gasteiger partial charge >= 0.3 is 0 Å². The fourth-order valence-electron chi connectivity index (χ4n) is 2.48. The Morgan fingerprint density at radius 1 is 1.27 bits per heavy atom. The molecule has 0 radical (unpaired) electrons. The molecule has 0 bridgehead atoms. The van der Waals surface area contributed by atoms with Gasteiger partial charge in [0.25, 0.3) is 0 Å². The highest BCUT2D eigenvalue weighted by Gasteiger charge is 2.26. The van der Waals surface area contributed by atoms with Crippen LogP contribution in [0.5, 0.6) is 0 Å². The van der Waals surface area contributed by atoms with Crippen LogP contribution in [0.3, 0.4) is 0 Å². The fraction of sp³-hybridized carbons (Fsp3) is 0.538. The molecule has 15 heavy (non-hydrogen) atoms. The molecule has 1 aromatic carbocycles. The molecule has 0 spiro atoms. The number of halogens is 1. The Hall–Kier alpha value is -0.340. The van der Waals surface area contributed by atoms with E-state index in [2.05, 4.69) is 39.4 Å². The van der Waals surface area contributed by atoms with Crippen molar-refractivity contribution in [2.45, 2.75) is 37.6 Å². The molecule has 1 fully saturated rings. The van der Waals surface area contributed by atoms with Gasteiger partial charge in [-0.25, -0.2) is 0 Å². The van der Waals surface area contributed by atoms with Crippen LogP contribution in [0, 0.1) is 0 Å². The van der Waals surface area contributed by atoms with Gasteiger partial charge in [0.1, 0.15) is 0 Å². The zero-order valence-electron chi connectivity index (χ0n) is 8.80. The van der Waals surface area contributed by atoms with Gasteiger partial charge in [-0.2, -0.15) is 0 Å². The lowest BCUT2D eigenvalue weighted by molar-refractivity contribution is 0.576. The molecular formula is C13H16BrN. The lowest BCUT2D eigenvalue weighted by Crippen LogP contribution is -2.22. The molecule has 1 unspecified atom stereocenters. The van der Waals surface area contributed by atoms with Gasteiger partial charge in [-0.1, -0.05) is 22.0 Å². The number of hydrogen-bond donors (Lipinski definition) is 1. The predicted molar refractivity (Wildman–Crippen MR) is 66.2 cm³/mol. The number of nitrogens with one attached hydrogen (secondary N) is 1. The molecule has 2 heteroatoms. The standard InChI is InChI=1S/C13H16BrN/c14-11-3-6-13-9(7-11)1-2-10(13)8-15-12-4-5-12/h3,6-7,10,12,15H,1-2,4-5,8H2. The van der Waals surface area contributed by atoms with Crippen LogP contribution >= 0.6 is 15.9 Å². The number of fused-ring (bicyclic) bond motifs is 1. The first-order valence-electron chi connectivity index (χ1n) is 5.84. The maximum atomic E-state index is 3.64. The van der Waals surface area contributed by atoms with Crippen LogP contribution in [-0.4, -0.2) is 12.6 Å². The zero-order chi connectivity index (χ0) is 10.3. The SMILES string of the molecule is Brc1ccc2c(c1)CCC2CNC1CC1. The monoisotopic (exact) mass is 265 g/mol. The molecule has 1 saturated carbocycles. The summed E-state index contributed by atoms with van der Waals surface area (Å²) in [5.74, 6) is 0.758. The zero-order valence-corrected chi connectivity index (χ0v) is 10.4. The summed E-state index contributed by atoms with van der Waals surface area (Å²) >= 11 is 3.54. The second-order valence-corrected chi connectivity index (χ2v) is 5.68. The highest BCUT2D eigenvalue weighted by molar-refractivity contribution is 9.10. The van der Waals surface area contributed by atoms with Crippen molar-refractivity contribution >= 4 is 15.9 Å². The van der Waals surface area contributed by atoms with Gasteiger partial charge < -0.3 is 5.32 Å². The third-order valence-corrected chi connectivity index (χ3v) is 4.03. The van der Waals surface area contributed by atoms with Crippen molar-refractivity contribution in [2.75, 3.05) is 6.54 Å². The number of hydrogen-bond acceptors (Lipinski definition) is 1.